The summed E-state index contributed by atoms with van der Waals surface area (Å²) in [7, 11) is 0.455. The predicted molar refractivity (Wildman–Crippen MR) is 86.4 cm³/mol. The highest BCUT2D eigenvalue weighted by molar-refractivity contribution is 7.92. The van der Waals surface area contributed by atoms with Crippen LogP contribution in [0.3, 0.4) is 0 Å². The van der Waals surface area contributed by atoms with E-state index in [9.17, 15) is 17.6 Å². The summed E-state index contributed by atoms with van der Waals surface area (Å²) in [5, 5.41) is 0. The summed E-state index contributed by atoms with van der Waals surface area (Å²) in [5.41, 5.74) is 0.190. The van der Waals surface area contributed by atoms with Gasteiger partial charge in [0.2, 0.25) is 0 Å². The molecule has 0 aliphatic rings. The molecule has 0 aliphatic heterocycles. The number of halogens is 1. The Kier molecular flexibility index (Phi) is 4.70. The number of hydrogen-bond acceptors (Lipinski definition) is 3. The van der Waals surface area contributed by atoms with Gasteiger partial charge in [0.25, 0.3) is 15.9 Å². The Morgan fingerprint density at radius 1 is 1.00 bits per heavy atom. The number of para-hydroxylation sites is 1. The number of carbonyl (C=O) groups excluding carboxylic acids is 1. The number of rotatable bonds is 4. The SMILES string of the molecule is CN(C)C(=O)c1cccc(S(=O)(=O)N(C)c2ccccc2F)c1. The Morgan fingerprint density at radius 2 is 1.65 bits per heavy atom. The van der Waals surface area contributed by atoms with E-state index >= 15 is 0 Å². The molecular weight excluding hydrogens is 319 g/mol. The monoisotopic (exact) mass is 336 g/mol. The molecular formula is C16H17FN2O3S. The van der Waals surface area contributed by atoms with Crippen molar-refractivity contribution in [2.24, 2.45) is 0 Å². The van der Waals surface area contributed by atoms with Gasteiger partial charge < -0.3 is 4.90 Å². The van der Waals surface area contributed by atoms with E-state index in [0.717, 1.165) is 4.31 Å². The lowest BCUT2D eigenvalue weighted by Gasteiger charge is -2.20. The van der Waals surface area contributed by atoms with Crippen molar-refractivity contribution in [1.29, 1.82) is 0 Å². The van der Waals surface area contributed by atoms with E-state index in [0.29, 0.717) is 0 Å². The van der Waals surface area contributed by atoms with Crippen LogP contribution in [0.2, 0.25) is 0 Å². The molecule has 0 spiro atoms. The number of benzene rings is 2. The second-order valence-electron chi connectivity index (χ2n) is 5.15. The normalized spacial score (nSPS) is 11.1. The lowest BCUT2D eigenvalue weighted by Crippen LogP contribution is -2.28. The zero-order valence-electron chi connectivity index (χ0n) is 13.0. The van der Waals surface area contributed by atoms with Gasteiger partial charge in [-0.15, -0.1) is 0 Å². The molecule has 5 nitrogen and oxygen atoms in total. The molecule has 2 aromatic carbocycles. The molecule has 122 valence electrons. The summed E-state index contributed by atoms with van der Waals surface area (Å²) < 4.78 is 40.0. The van der Waals surface area contributed by atoms with Gasteiger partial charge in [0, 0.05) is 26.7 Å². The average molecular weight is 336 g/mol. The molecule has 0 bridgehead atoms. The number of amides is 1. The molecule has 0 saturated carbocycles. The van der Waals surface area contributed by atoms with E-state index in [-0.39, 0.29) is 22.1 Å². The van der Waals surface area contributed by atoms with E-state index in [2.05, 4.69) is 0 Å². The van der Waals surface area contributed by atoms with Crippen molar-refractivity contribution < 1.29 is 17.6 Å². The van der Waals surface area contributed by atoms with Gasteiger partial charge in [-0.3, -0.25) is 9.10 Å². The van der Waals surface area contributed by atoms with Gasteiger partial charge in [-0.25, -0.2) is 12.8 Å². The minimum absolute atomic E-state index is 0.0585. The summed E-state index contributed by atoms with van der Waals surface area (Å²) in [6.45, 7) is 0. The third-order valence-corrected chi connectivity index (χ3v) is 5.10. The molecule has 0 saturated heterocycles. The Labute approximate surface area is 135 Å². The first kappa shape index (κ1) is 17.0. The van der Waals surface area contributed by atoms with Crippen molar-refractivity contribution in [3.05, 3.63) is 59.9 Å². The number of anilines is 1. The van der Waals surface area contributed by atoms with Crippen molar-refractivity contribution >= 4 is 21.6 Å². The van der Waals surface area contributed by atoms with Crippen LogP contribution in [0.1, 0.15) is 10.4 Å². The molecule has 0 aliphatic carbocycles. The smallest absolute Gasteiger partial charge is 0.264 e. The first-order valence-corrected chi connectivity index (χ1v) is 8.24. The fourth-order valence-electron chi connectivity index (χ4n) is 2.04. The summed E-state index contributed by atoms with van der Waals surface area (Å²) in [6, 6.07) is 11.3. The molecule has 1 amide bonds. The molecule has 0 N–H and O–H groups in total. The van der Waals surface area contributed by atoms with Gasteiger partial charge in [-0.1, -0.05) is 18.2 Å². The van der Waals surface area contributed by atoms with E-state index in [1.807, 2.05) is 0 Å². The molecule has 7 heteroatoms. The van der Waals surface area contributed by atoms with Gasteiger partial charge in [0.1, 0.15) is 5.82 Å². The molecule has 2 aromatic rings. The molecule has 0 radical (unpaired) electrons. The number of hydrogen-bond donors (Lipinski definition) is 0. The van der Waals surface area contributed by atoms with Gasteiger partial charge in [-0.2, -0.15) is 0 Å². The van der Waals surface area contributed by atoms with Crippen molar-refractivity contribution in [2.75, 3.05) is 25.4 Å². The average Bonchev–Trinajstić information content (AvgIpc) is 2.54. The molecule has 23 heavy (non-hydrogen) atoms. The van der Waals surface area contributed by atoms with E-state index in [1.54, 1.807) is 20.2 Å². The summed E-state index contributed by atoms with van der Waals surface area (Å²) >= 11 is 0. The highest BCUT2D eigenvalue weighted by atomic mass is 32.2. The van der Waals surface area contributed by atoms with Crippen LogP contribution >= 0.6 is 0 Å². The Hall–Kier alpha value is -2.41. The van der Waals surface area contributed by atoms with Gasteiger partial charge in [0.05, 0.1) is 10.6 Å². The number of sulfonamides is 1. The highest BCUT2D eigenvalue weighted by Crippen LogP contribution is 2.25. The first-order chi connectivity index (χ1) is 10.7. The Balaban J connectivity index is 2.46. The summed E-state index contributed by atoms with van der Waals surface area (Å²) in [5.74, 6) is -0.949. The zero-order valence-corrected chi connectivity index (χ0v) is 13.8. The van der Waals surface area contributed by atoms with Gasteiger partial charge in [-0.05, 0) is 30.3 Å². The second-order valence-corrected chi connectivity index (χ2v) is 7.12. The standard InChI is InChI=1S/C16H17FN2O3S/c1-18(2)16(20)12-7-6-8-13(11-12)23(21,22)19(3)15-10-5-4-9-14(15)17/h4-11H,1-3H3. The van der Waals surface area contributed by atoms with Crippen molar-refractivity contribution in [1.82, 2.24) is 4.90 Å². The maximum Gasteiger partial charge on any atom is 0.264 e. The molecule has 0 heterocycles. The fraction of sp³-hybridized carbons (Fsp3) is 0.188. The topological polar surface area (TPSA) is 57.7 Å². The zero-order chi connectivity index (χ0) is 17.2. The third-order valence-electron chi connectivity index (χ3n) is 3.34. The number of nitrogens with zero attached hydrogens (tertiary/aromatic N) is 2. The minimum atomic E-state index is -3.97. The molecule has 0 fully saturated rings. The van der Waals surface area contributed by atoms with Crippen LogP contribution in [-0.2, 0) is 10.0 Å². The molecule has 0 atom stereocenters. The first-order valence-electron chi connectivity index (χ1n) is 6.80. The third kappa shape index (κ3) is 3.34. The summed E-state index contributed by atoms with van der Waals surface area (Å²) in [6.07, 6.45) is 0. The maximum atomic E-state index is 13.8. The Morgan fingerprint density at radius 3 is 2.26 bits per heavy atom. The molecule has 0 aromatic heterocycles. The second kappa shape index (κ2) is 6.37. The fourth-order valence-corrected chi connectivity index (χ4v) is 3.29. The van der Waals surface area contributed by atoms with Crippen molar-refractivity contribution in [2.45, 2.75) is 4.90 Å². The summed E-state index contributed by atoms with van der Waals surface area (Å²) in [4.78, 5) is 13.3. The van der Waals surface area contributed by atoms with Crippen molar-refractivity contribution in [3.8, 4) is 0 Å². The highest BCUT2D eigenvalue weighted by Gasteiger charge is 2.24. The predicted octanol–water partition coefficient (Wildman–Crippen LogP) is 2.35. The van der Waals surface area contributed by atoms with Crippen LogP contribution < -0.4 is 4.31 Å². The Bertz CT molecular complexity index is 835. The van der Waals surface area contributed by atoms with Crippen LogP contribution in [0.5, 0.6) is 0 Å². The van der Waals surface area contributed by atoms with Gasteiger partial charge in [0.15, 0.2) is 0 Å². The van der Waals surface area contributed by atoms with E-state index < -0.39 is 15.8 Å². The van der Waals surface area contributed by atoms with E-state index in [1.165, 1.54) is 54.4 Å². The van der Waals surface area contributed by atoms with Gasteiger partial charge >= 0.3 is 0 Å². The van der Waals surface area contributed by atoms with Crippen LogP contribution in [0, 0.1) is 5.82 Å². The molecule has 0 unspecified atom stereocenters. The number of carbonyl (C=O) groups is 1. The maximum absolute atomic E-state index is 13.8. The van der Waals surface area contributed by atoms with Crippen molar-refractivity contribution in [3.63, 3.8) is 0 Å². The van der Waals surface area contributed by atoms with Crippen LogP contribution in [0.25, 0.3) is 0 Å². The lowest BCUT2D eigenvalue weighted by molar-refractivity contribution is 0.0827. The quantitative estimate of drug-likeness (QED) is 0.861. The van der Waals surface area contributed by atoms with E-state index in [4.69, 9.17) is 0 Å². The molecule has 2 rings (SSSR count). The van der Waals surface area contributed by atoms with Crippen LogP contribution in [0.15, 0.2) is 53.4 Å². The van der Waals surface area contributed by atoms with Crippen LogP contribution in [0.4, 0.5) is 10.1 Å². The largest absolute Gasteiger partial charge is 0.345 e. The van der Waals surface area contributed by atoms with Crippen LogP contribution in [-0.4, -0.2) is 40.4 Å². The lowest BCUT2D eigenvalue weighted by atomic mass is 10.2. The minimum Gasteiger partial charge on any atom is -0.345 e.